The van der Waals surface area contributed by atoms with Crippen LogP contribution in [0.1, 0.15) is 27.8 Å². The molecular weight excluding hydrogens is 483 g/mol. The van der Waals surface area contributed by atoms with Gasteiger partial charge in [0.1, 0.15) is 17.4 Å². The molecule has 0 aliphatic carbocycles. The maximum atomic E-state index is 13.4. The first kappa shape index (κ1) is 23.6. The molecule has 0 amide bonds. The van der Waals surface area contributed by atoms with Crippen molar-refractivity contribution in [1.82, 2.24) is 30.4 Å². The van der Waals surface area contributed by atoms with Crippen LogP contribution in [0.4, 0.5) is 13.2 Å². The smallest absolute Gasteiger partial charge is 0.426 e. The van der Waals surface area contributed by atoms with Crippen molar-refractivity contribution in [3.8, 4) is 17.1 Å². The van der Waals surface area contributed by atoms with Gasteiger partial charge in [-0.1, -0.05) is 30.3 Å². The van der Waals surface area contributed by atoms with Crippen LogP contribution in [-0.4, -0.2) is 43.9 Å². The summed E-state index contributed by atoms with van der Waals surface area (Å²) in [5, 5.41) is 10.1. The molecule has 4 aromatic rings. The molecule has 2 aromatic heterocycles. The summed E-state index contributed by atoms with van der Waals surface area (Å²) in [6.45, 7) is 0. The number of fused-ring (bicyclic) bond motifs is 1. The first-order chi connectivity index (χ1) is 17.1. The number of esters is 1. The number of carbonyl (C=O) groups excluding carboxylic acids is 1. The summed E-state index contributed by atoms with van der Waals surface area (Å²) in [4.78, 5) is 36.0. The molecule has 186 valence electrons. The van der Waals surface area contributed by atoms with Gasteiger partial charge in [0, 0.05) is 5.56 Å². The van der Waals surface area contributed by atoms with Crippen molar-refractivity contribution in [3.05, 3.63) is 75.8 Å². The quantitative estimate of drug-likeness (QED) is 0.153. The van der Waals surface area contributed by atoms with Crippen LogP contribution in [0, 0.1) is 0 Å². The van der Waals surface area contributed by atoms with E-state index in [1.165, 1.54) is 43.5 Å². The number of benzene rings is 2. The molecule has 6 N–H and O–H groups in total. The molecule has 1 atom stereocenters. The number of methoxy groups -OCH3 is 1. The second-order valence-electron chi connectivity index (χ2n) is 7.96. The molecule has 0 radical (unpaired) electrons. The Morgan fingerprint density at radius 1 is 1.17 bits per heavy atom. The molecular formula is C22H18F3N7O4. The maximum absolute atomic E-state index is 13.4. The Morgan fingerprint density at radius 2 is 1.86 bits per heavy atom. The number of nitrogens with one attached hydrogen (secondary N) is 3. The summed E-state index contributed by atoms with van der Waals surface area (Å²) < 4.78 is 46.0. The van der Waals surface area contributed by atoms with Crippen molar-refractivity contribution < 1.29 is 27.8 Å². The van der Waals surface area contributed by atoms with Crippen LogP contribution in [0.2, 0.25) is 0 Å². The van der Waals surface area contributed by atoms with E-state index in [9.17, 15) is 27.9 Å². The molecule has 11 nitrogen and oxygen atoms in total. The minimum Gasteiger partial charge on any atom is -0.465 e. The number of hydrogen-bond donors (Lipinski definition) is 5. The minimum absolute atomic E-state index is 0.00296. The van der Waals surface area contributed by atoms with Crippen molar-refractivity contribution in [2.24, 2.45) is 5.73 Å². The van der Waals surface area contributed by atoms with Gasteiger partial charge in [-0.2, -0.15) is 13.2 Å². The molecule has 0 bridgehead atoms. The largest absolute Gasteiger partial charge is 0.465 e. The van der Waals surface area contributed by atoms with E-state index < -0.39 is 29.7 Å². The Kier molecular flexibility index (Phi) is 5.40. The Balaban J connectivity index is 1.65. The molecule has 1 fully saturated rings. The third-order valence-corrected chi connectivity index (χ3v) is 5.75. The summed E-state index contributed by atoms with van der Waals surface area (Å²) in [6.07, 6.45) is -6.17. The number of halogens is 3. The van der Waals surface area contributed by atoms with E-state index in [4.69, 9.17) is 10.5 Å². The van der Waals surface area contributed by atoms with Crippen LogP contribution >= 0.6 is 0 Å². The van der Waals surface area contributed by atoms with Crippen LogP contribution in [-0.2, 0) is 10.4 Å². The number of aromatic nitrogens is 4. The van der Waals surface area contributed by atoms with Crippen molar-refractivity contribution in [2.75, 3.05) is 7.11 Å². The lowest BCUT2D eigenvalue weighted by molar-refractivity contribution is -0.165. The molecule has 1 saturated heterocycles. The summed E-state index contributed by atoms with van der Waals surface area (Å²) in [5.41, 5.74) is 7.63. The number of ether oxygens (including phenoxy) is 1. The molecule has 0 saturated carbocycles. The van der Waals surface area contributed by atoms with Crippen molar-refractivity contribution in [2.45, 2.75) is 18.1 Å². The van der Waals surface area contributed by atoms with E-state index in [2.05, 4.69) is 25.8 Å². The van der Waals surface area contributed by atoms with Gasteiger partial charge < -0.3 is 20.6 Å². The normalized spacial score (nSPS) is 15.6. The second kappa shape index (κ2) is 8.23. The van der Waals surface area contributed by atoms with Crippen LogP contribution in [0.3, 0.4) is 0 Å². The van der Waals surface area contributed by atoms with Gasteiger partial charge in [0.15, 0.2) is 11.5 Å². The number of carbonyl (C=O) groups is 1. The molecule has 14 heteroatoms. The molecule has 36 heavy (non-hydrogen) atoms. The van der Waals surface area contributed by atoms with Crippen LogP contribution in [0.15, 0.2) is 53.3 Å². The lowest BCUT2D eigenvalue weighted by Crippen LogP contribution is -2.34. The Hall–Kier alpha value is -4.11. The van der Waals surface area contributed by atoms with Gasteiger partial charge in [-0.3, -0.25) is 0 Å². The number of nitrogens with zero attached hydrogens (tertiary/aromatic N) is 3. The summed E-state index contributed by atoms with van der Waals surface area (Å²) in [7, 11) is 1.22. The van der Waals surface area contributed by atoms with Gasteiger partial charge in [0.25, 0.3) is 0 Å². The Labute approximate surface area is 199 Å². The summed E-state index contributed by atoms with van der Waals surface area (Å²) in [5.74, 6) is -0.613. The van der Waals surface area contributed by atoms with E-state index in [-0.39, 0.29) is 39.5 Å². The molecule has 1 aliphatic heterocycles. The highest BCUT2D eigenvalue weighted by Gasteiger charge is 2.65. The Morgan fingerprint density at radius 3 is 2.44 bits per heavy atom. The highest BCUT2D eigenvalue weighted by Crippen LogP contribution is 2.42. The van der Waals surface area contributed by atoms with E-state index in [1.54, 1.807) is 12.1 Å². The first-order valence-corrected chi connectivity index (χ1v) is 10.4. The number of alkyl halides is 3. The third kappa shape index (κ3) is 3.72. The zero-order valence-corrected chi connectivity index (χ0v) is 18.4. The zero-order chi connectivity index (χ0) is 25.8. The molecule has 2 aromatic carbocycles. The highest BCUT2D eigenvalue weighted by molar-refractivity contribution is 5.90. The number of hydrogen-bond acceptors (Lipinski definition) is 9. The van der Waals surface area contributed by atoms with Crippen LogP contribution in [0.25, 0.3) is 28.2 Å². The number of aliphatic hydroxyl groups excluding tert-OH is 1. The predicted molar refractivity (Wildman–Crippen MR) is 119 cm³/mol. The average molecular weight is 501 g/mol. The third-order valence-electron chi connectivity index (χ3n) is 5.75. The van der Waals surface area contributed by atoms with E-state index in [0.29, 0.717) is 5.56 Å². The topological polar surface area (TPSA) is 180 Å². The fraction of sp³-hybridized carbons (Fsp3) is 0.182. The minimum atomic E-state index is -4.57. The molecule has 3 heterocycles. The number of aliphatic hydroxyl groups is 1. The predicted octanol–water partition coefficient (Wildman–Crippen LogP) is 1.33. The number of imidazole rings is 1. The van der Waals surface area contributed by atoms with Crippen molar-refractivity contribution in [3.63, 3.8) is 0 Å². The van der Waals surface area contributed by atoms with Gasteiger partial charge in [-0.15, -0.1) is 0 Å². The van der Waals surface area contributed by atoms with Gasteiger partial charge in [0.2, 0.25) is 5.66 Å². The standard InChI is InChI=1S/C22H18F3N7O4/c1-36-19(34)11-3-2-4-13(9-11)32-18-15(28-20(32)35)14(16(26)33)27-17(29-18)10-5-7-12(8-6-10)21(30-31-21)22(23,24)25/h2-9,16,30-31,33H,26H2,1H3,(H,28,35). The SMILES string of the molecule is COC(=O)c1cccc(-n2c(=O)[nH]c3c(C(N)O)nc(-c4ccc(C5(C(F)(F)F)NN5)cc4)nc32)c1. The number of aromatic amines is 1. The van der Waals surface area contributed by atoms with Gasteiger partial charge in [-0.05, 0) is 23.8 Å². The Bertz CT molecular complexity index is 1540. The fourth-order valence-electron chi connectivity index (χ4n) is 3.86. The summed E-state index contributed by atoms with van der Waals surface area (Å²) >= 11 is 0. The molecule has 1 unspecified atom stereocenters. The van der Waals surface area contributed by atoms with Crippen molar-refractivity contribution >= 4 is 17.1 Å². The number of rotatable bonds is 5. The molecule has 1 aliphatic rings. The van der Waals surface area contributed by atoms with E-state index >= 15 is 0 Å². The van der Waals surface area contributed by atoms with Gasteiger partial charge >= 0.3 is 17.8 Å². The number of H-pyrrole nitrogens is 1. The lowest BCUT2D eigenvalue weighted by Gasteiger charge is -2.16. The number of hydrazine groups is 1. The lowest BCUT2D eigenvalue weighted by atomic mass is 10.0. The zero-order valence-electron chi connectivity index (χ0n) is 18.4. The molecule has 5 rings (SSSR count). The highest BCUT2D eigenvalue weighted by atomic mass is 19.4. The van der Waals surface area contributed by atoms with Gasteiger partial charge in [0.05, 0.1) is 18.4 Å². The van der Waals surface area contributed by atoms with Gasteiger partial charge in [-0.25, -0.2) is 35.0 Å². The van der Waals surface area contributed by atoms with Crippen LogP contribution in [0.5, 0.6) is 0 Å². The fourth-order valence-corrected chi connectivity index (χ4v) is 3.86. The first-order valence-electron chi connectivity index (χ1n) is 10.4. The van der Waals surface area contributed by atoms with Crippen molar-refractivity contribution in [1.29, 1.82) is 0 Å². The molecule has 0 spiro atoms. The maximum Gasteiger partial charge on any atom is 0.426 e. The summed E-state index contributed by atoms with van der Waals surface area (Å²) in [6, 6.07) is 11.3. The number of nitrogens with two attached hydrogens (primary N) is 1. The van der Waals surface area contributed by atoms with E-state index in [0.717, 1.165) is 4.57 Å². The monoisotopic (exact) mass is 501 g/mol. The average Bonchev–Trinajstić information content (AvgIpc) is 3.61. The van der Waals surface area contributed by atoms with E-state index in [1.807, 2.05) is 0 Å². The van der Waals surface area contributed by atoms with Crippen LogP contribution < -0.4 is 22.3 Å². The second-order valence-corrected chi connectivity index (χ2v) is 7.96.